The van der Waals surface area contributed by atoms with E-state index in [0.717, 1.165) is 12.5 Å². The van der Waals surface area contributed by atoms with Gasteiger partial charge >= 0.3 is 12.3 Å². The fourth-order valence-corrected chi connectivity index (χ4v) is 2.49. The molecule has 3 nitrogen and oxygen atoms in total. The molecule has 1 atom stereocenters. The van der Waals surface area contributed by atoms with Crippen molar-refractivity contribution < 1.29 is 22.7 Å². The number of carbonyl (C=O) groups excluding carboxylic acids is 1. The highest BCUT2D eigenvalue weighted by Gasteiger charge is 2.32. The predicted octanol–water partition coefficient (Wildman–Crippen LogP) is 4.71. The van der Waals surface area contributed by atoms with Gasteiger partial charge in [0.25, 0.3) is 0 Å². The maximum atomic E-state index is 13.1. The van der Waals surface area contributed by atoms with Gasteiger partial charge in [0.05, 0.1) is 5.56 Å². The van der Waals surface area contributed by atoms with Crippen molar-refractivity contribution in [3.63, 3.8) is 0 Å². The highest BCUT2D eigenvalue weighted by Crippen LogP contribution is 2.32. The van der Waals surface area contributed by atoms with Crippen LogP contribution >= 0.6 is 0 Å². The number of hydrogen-bond donors (Lipinski definition) is 1. The number of carbonyl (C=O) groups is 1. The third-order valence-corrected chi connectivity index (χ3v) is 3.67. The molecule has 0 aromatic heterocycles. The maximum absolute atomic E-state index is 13.1. The first kappa shape index (κ1) is 19.3. The van der Waals surface area contributed by atoms with E-state index in [1.165, 1.54) is 6.07 Å². The van der Waals surface area contributed by atoms with E-state index in [4.69, 9.17) is 10.5 Å². The summed E-state index contributed by atoms with van der Waals surface area (Å²) in [5.41, 5.74) is 4.47. The molecule has 2 N–H and O–H groups in total. The van der Waals surface area contributed by atoms with Gasteiger partial charge in [0.2, 0.25) is 0 Å². The zero-order chi connectivity index (χ0) is 17.8. The molecule has 1 unspecified atom stereocenters. The van der Waals surface area contributed by atoms with E-state index in [9.17, 15) is 18.0 Å². The first-order valence-electron chi connectivity index (χ1n) is 7.61. The Morgan fingerprint density at radius 1 is 1.22 bits per heavy atom. The Labute approximate surface area is 135 Å². The van der Waals surface area contributed by atoms with Gasteiger partial charge in [-0.15, -0.1) is 0 Å². The van der Waals surface area contributed by atoms with Gasteiger partial charge in [-0.2, -0.15) is 13.2 Å². The summed E-state index contributed by atoms with van der Waals surface area (Å²) in [5.74, 6) is 0.293. The van der Waals surface area contributed by atoms with Crippen LogP contribution in [0, 0.1) is 5.92 Å². The Balaban J connectivity index is 3.15. The molecular formula is C17H24F3NO2. The van der Waals surface area contributed by atoms with Gasteiger partial charge in [-0.3, -0.25) is 0 Å². The molecule has 0 aliphatic heterocycles. The third kappa shape index (κ3) is 6.50. The lowest BCUT2D eigenvalue weighted by molar-refractivity contribution is -0.137. The van der Waals surface area contributed by atoms with Crippen LogP contribution < -0.4 is 5.73 Å². The van der Waals surface area contributed by atoms with E-state index in [0.29, 0.717) is 23.5 Å². The summed E-state index contributed by atoms with van der Waals surface area (Å²) in [6.45, 7) is 7.24. The number of nitrogens with two attached hydrogens (primary N) is 1. The van der Waals surface area contributed by atoms with E-state index >= 15 is 0 Å². The Hall–Kier alpha value is -1.72. The summed E-state index contributed by atoms with van der Waals surface area (Å²) in [6.07, 6.45) is -3.73. The number of halogens is 3. The van der Waals surface area contributed by atoms with Crippen molar-refractivity contribution >= 4 is 6.09 Å². The van der Waals surface area contributed by atoms with E-state index in [-0.39, 0.29) is 6.42 Å². The topological polar surface area (TPSA) is 52.3 Å². The molecule has 0 fully saturated rings. The highest BCUT2D eigenvalue weighted by molar-refractivity contribution is 5.65. The van der Waals surface area contributed by atoms with Gasteiger partial charge in [0.1, 0.15) is 5.60 Å². The number of benzene rings is 1. The van der Waals surface area contributed by atoms with Crippen LogP contribution in [0.25, 0.3) is 0 Å². The van der Waals surface area contributed by atoms with Crippen LogP contribution in [0.1, 0.15) is 50.8 Å². The minimum atomic E-state index is -4.41. The largest absolute Gasteiger partial charge is 0.443 e. The van der Waals surface area contributed by atoms with Crippen molar-refractivity contribution in [2.24, 2.45) is 11.7 Å². The molecule has 0 spiro atoms. The quantitative estimate of drug-likeness (QED) is 0.820. The standard InChI is InChI=1S/C17H24F3NO2/c1-5-11(2)6-12-7-13(9-14(8-12)17(18,19)20)10-16(3,4)23-15(21)22/h7-9,11H,5-6,10H2,1-4H3,(H2,21,22). The molecule has 1 amide bonds. The van der Waals surface area contributed by atoms with Crippen LogP contribution in [0.4, 0.5) is 18.0 Å². The molecule has 1 rings (SSSR count). The fraction of sp³-hybridized carbons (Fsp3) is 0.588. The molecule has 130 valence electrons. The lowest BCUT2D eigenvalue weighted by Gasteiger charge is -2.25. The van der Waals surface area contributed by atoms with Gasteiger partial charge in [0.15, 0.2) is 0 Å². The number of amides is 1. The molecule has 0 aliphatic rings. The predicted molar refractivity (Wildman–Crippen MR) is 83.1 cm³/mol. The Bertz CT molecular complexity index is 553. The summed E-state index contributed by atoms with van der Waals surface area (Å²) >= 11 is 0. The van der Waals surface area contributed by atoms with Crippen LogP contribution in [0.15, 0.2) is 18.2 Å². The van der Waals surface area contributed by atoms with E-state index in [1.54, 1.807) is 19.9 Å². The van der Waals surface area contributed by atoms with Crippen LogP contribution in [0.2, 0.25) is 0 Å². The normalized spacial score (nSPS) is 13.7. The molecule has 23 heavy (non-hydrogen) atoms. The molecule has 1 aromatic carbocycles. The van der Waals surface area contributed by atoms with Crippen LogP contribution in [0.5, 0.6) is 0 Å². The number of ether oxygens (including phenoxy) is 1. The van der Waals surface area contributed by atoms with Crippen molar-refractivity contribution in [3.05, 3.63) is 34.9 Å². The van der Waals surface area contributed by atoms with Gasteiger partial charge in [-0.1, -0.05) is 26.3 Å². The second-order valence-electron chi connectivity index (χ2n) is 6.61. The van der Waals surface area contributed by atoms with Crippen molar-refractivity contribution in [1.82, 2.24) is 0 Å². The van der Waals surface area contributed by atoms with E-state index < -0.39 is 23.4 Å². The van der Waals surface area contributed by atoms with Gasteiger partial charge in [-0.25, -0.2) is 4.79 Å². The zero-order valence-corrected chi connectivity index (χ0v) is 14.0. The molecular weight excluding hydrogens is 307 g/mol. The first-order chi connectivity index (χ1) is 10.4. The Kier molecular flexibility index (Phi) is 6.08. The minimum absolute atomic E-state index is 0.160. The monoisotopic (exact) mass is 331 g/mol. The van der Waals surface area contributed by atoms with Crippen LogP contribution in [-0.4, -0.2) is 11.7 Å². The lowest BCUT2D eigenvalue weighted by Crippen LogP contribution is -2.33. The highest BCUT2D eigenvalue weighted by atomic mass is 19.4. The fourth-order valence-electron chi connectivity index (χ4n) is 2.49. The van der Waals surface area contributed by atoms with Crippen molar-refractivity contribution in [1.29, 1.82) is 0 Å². The van der Waals surface area contributed by atoms with Gasteiger partial charge < -0.3 is 10.5 Å². The van der Waals surface area contributed by atoms with E-state index in [2.05, 4.69) is 0 Å². The molecule has 0 aliphatic carbocycles. The smallest absolute Gasteiger partial charge is 0.416 e. The lowest BCUT2D eigenvalue weighted by atomic mass is 9.91. The summed E-state index contributed by atoms with van der Waals surface area (Å²) in [5, 5.41) is 0. The maximum Gasteiger partial charge on any atom is 0.416 e. The van der Waals surface area contributed by atoms with Gasteiger partial charge in [-0.05, 0) is 49.4 Å². The SMILES string of the molecule is CCC(C)Cc1cc(CC(C)(C)OC(N)=O)cc(C(F)(F)F)c1. The third-order valence-electron chi connectivity index (χ3n) is 3.67. The Morgan fingerprint density at radius 2 is 1.78 bits per heavy atom. The summed E-state index contributed by atoms with van der Waals surface area (Å²) in [4.78, 5) is 10.9. The molecule has 0 bridgehead atoms. The Morgan fingerprint density at radius 3 is 2.26 bits per heavy atom. The number of hydrogen-bond acceptors (Lipinski definition) is 2. The number of alkyl halides is 3. The van der Waals surface area contributed by atoms with Crippen molar-refractivity contribution in [3.8, 4) is 0 Å². The average molecular weight is 331 g/mol. The average Bonchev–Trinajstić information content (AvgIpc) is 2.34. The van der Waals surface area contributed by atoms with Gasteiger partial charge in [0, 0.05) is 6.42 Å². The molecule has 0 saturated carbocycles. The van der Waals surface area contributed by atoms with Crippen LogP contribution in [-0.2, 0) is 23.8 Å². The summed E-state index contributed by atoms with van der Waals surface area (Å²) in [7, 11) is 0. The molecule has 0 saturated heterocycles. The minimum Gasteiger partial charge on any atom is -0.443 e. The molecule has 1 aromatic rings. The van der Waals surface area contributed by atoms with Crippen LogP contribution in [0.3, 0.4) is 0 Å². The molecule has 6 heteroatoms. The summed E-state index contributed by atoms with van der Waals surface area (Å²) in [6, 6.07) is 4.04. The first-order valence-corrected chi connectivity index (χ1v) is 7.61. The molecule has 0 heterocycles. The second kappa shape index (κ2) is 7.23. The number of primary amides is 1. The second-order valence-corrected chi connectivity index (χ2v) is 6.61. The summed E-state index contributed by atoms with van der Waals surface area (Å²) < 4.78 is 44.3. The molecule has 0 radical (unpaired) electrons. The van der Waals surface area contributed by atoms with Crippen molar-refractivity contribution in [2.75, 3.05) is 0 Å². The zero-order valence-electron chi connectivity index (χ0n) is 14.0. The van der Waals surface area contributed by atoms with Crippen molar-refractivity contribution in [2.45, 2.75) is 58.7 Å². The van der Waals surface area contributed by atoms with E-state index in [1.807, 2.05) is 13.8 Å². The number of rotatable bonds is 6.